The van der Waals surface area contributed by atoms with E-state index in [0.29, 0.717) is 21.3 Å². The summed E-state index contributed by atoms with van der Waals surface area (Å²) in [6.07, 6.45) is 1.45. The van der Waals surface area contributed by atoms with Crippen molar-refractivity contribution in [1.29, 1.82) is 0 Å². The summed E-state index contributed by atoms with van der Waals surface area (Å²) in [4.78, 5) is 4.08. The first-order valence-corrected chi connectivity index (χ1v) is 6.18. The number of ether oxygens (including phenoxy) is 1. The predicted molar refractivity (Wildman–Crippen MR) is 73.2 cm³/mol. The predicted octanol–water partition coefficient (Wildman–Crippen LogP) is 3.58. The molecule has 100 valence electrons. The monoisotopic (exact) mass is 300 g/mol. The smallest absolute Gasteiger partial charge is 0.165 e. The van der Waals surface area contributed by atoms with Crippen LogP contribution in [0, 0.1) is 5.82 Å². The van der Waals surface area contributed by atoms with Crippen LogP contribution in [0.5, 0.6) is 5.75 Å². The maximum absolute atomic E-state index is 13.6. The van der Waals surface area contributed by atoms with Gasteiger partial charge in [0.2, 0.25) is 0 Å². The molecule has 0 aliphatic rings. The van der Waals surface area contributed by atoms with E-state index in [-0.39, 0.29) is 5.75 Å². The van der Waals surface area contributed by atoms with Crippen LogP contribution in [-0.4, -0.2) is 12.1 Å². The van der Waals surface area contributed by atoms with Crippen molar-refractivity contribution < 1.29 is 9.13 Å². The van der Waals surface area contributed by atoms with Crippen molar-refractivity contribution >= 4 is 23.2 Å². The molecule has 1 unspecified atom stereocenters. The molecule has 6 heteroatoms. The Labute approximate surface area is 120 Å². The van der Waals surface area contributed by atoms with Crippen LogP contribution in [0.3, 0.4) is 0 Å². The van der Waals surface area contributed by atoms with Gasteiger partial charge in [-0.3, -0.25) is 4.98 Å². The number of benzene rings is 1. The molecule has 0 bridgehead atoms. The van der Waals surface area contributed by atoms with Gasteiger partial charge in [-0.05, 0) is 23.8 Å². The second kappa shape index (κ2) is 5.74. The van der Waals surface area contributed by atoms with Gasteiger partial charge >= 0.3 is 0 Å². The Morgan fingerprint density at radius 1 is 1.32 bits per heavy atom. The molecular formula is C13H11Cl2FN2O. The van der Waals surface area contributed by atoms with Gasteiger partial charge < -0.3 is 10.5 Å². The van der Waals surface area contributed by atoms with Crippen LogP contribution < -0.4 is 10.5 Å². The van der Waals surface area contributed by atoms with Gasteiger partial charge in [-0.1, -0.05) is 29.3 Å². The lowest BCUT2D eigenvalue weighted by Gasteiger charge is -2.14. The molecule has 1 aromatic carbocycles. The van der Waals surface area contributed by atoms with Crippen molar-refractivity contribution in [1.82, 2.24) is 4.98 Å². The molecule has 0 saturated carbocycles. The molecule has 1 aromatic heterocycles. The van der Waals surface area contributed by atoms with E-state index in [1.54, 1.807) is 12.1 Å². The largest absolute Gasteiger partial charge is 0.494 e. The molecule has 19 heavy (non-hydrogen) atoms. The fraction of sp³-hybridized carbons (Fsp3) is 0.154. The molecule has 0 fully saturated rings. The average molecular weight is 301 g/mol. The van der Waals surface area contributed by atoms with E-state index in [1.807, 2.05) is 0 Å². The van der Waals surface area contributed by atoms with Gasteiger partial charge in [0.05, 0.1) is 28.9 Å². The molecule has 0 saturated heterocycles. The maximum Gasteiger partial charge on any atom is 0.165 e. The molecule has 0 radical (unpaired) electrons. The first-order valence-electron chi connectivity index (χ1n) is 5.43. The minimum atomic E-state index is -0.634. The quantitative estimate of drug-likeness (QED) is 0.942. The minimum Gasteiger partial charge on any atom is -0.494 e. The molecule has 2 rings (SSSR count). The third-order valence-electron chi connectivity index (χ3n) is 2.67. The summed E-state index contributed by atoms with van der Waals surface area (Å²) in [5, 5.41) is 0.762. The lowest BCUT2D eigenvalue weighted by atomic mass is 10.0. The Bertz CT molecular complexity index is 607. The van der Waals surface area contributed by atoms with E-state index in [1.165, 1.54) is 25.4 Å². The van der Waals surface area contributed by atoms with Crippen LogP contribution in [0.4, 0.5) is 4.39 Å². The number of nitrogens with zero attached hydrogens (tertiary/aromatic N) is 1. The molecule has 3 nitrogen and oxygen atoms in total. The van der Waals surface area contributed by atoms with Crippen LogP contribution >= 0.6 is 23.2 Å². The number of rotatable bonds is 3. The van der Waals surface area contributed by atoms with Crippen molar-refractivity contribution in [3.63, 3.8) is 0 Å². The lowest BCUT2D eigenvalue weighted by Crippen LogP contribution is -2.14. The number of aromatic nitrogens is 1. The zero-order valence-corrected chi connectivity index (χ0v) is 11.5. The lowest BCUT2D eigenvalue weighted by molar-refractivity contribution is 0.386. The topological polar surface area (TPSA) is 48.1 Å². The Morgan fingerprint density at radius 2 is 2.05 bits per heavy atom. The zero-order chi connectivity index (χ0) is 14.0. The number of pyridine rings is 1. The van der Waals surface area contributed by atoms with E-state index in [0.717, 1.165) is 0 Å². The number of hydrogen-bond donors (Lipinski definition) is 1. The summed E-state index contributed by atoms with van der Waals surface area (Å²) in [6, 6.07) is 5.39. The van der Waals surface area contributed by atoms with Crippen molar-refractivity contribution in [3.8, 4) is 5.75 Å². The highest BCUT2D eigenvalue weighted by molar-refractivity contribution is 6.34. The first-order chi connectivity index (χ1) is 9.02. The molecule has 0 spiro atoms. The number of methoxy groups -OCH3 is 1. The van der Waals surface area contributed by atoms with Gasteiger partial charge in [-0.25, -0.2) is 4.39 Å². The van der Waals surface area contributed by atoms with Crippen molar-refractivity contribution in [2.24, 2.45) is 5.73 Å². The van der Waals surface area contributed by atoms with Crippen molar-refractivity contribution in [2.45, 2.75) is 6.04 Å². The van der Waals surface area contributed by atoms with Crippen LogP contribution in [0.1, 0.15) is 17.3 Å². The number of nitrogens with two attached hydrogens (primary N) is 1. The minimum absolute atomic E-state index is 0.158. The van der Waals surface area contributed by atoms with Gasteiger partial charge in [0, 0.05) is 6.20 Å². The first kappa shape index (κ1) is 14.1. The summed E-state index contributed by atoms with van der Waals surface area (Å²) in [7, 11) is 1.40. The normalized spacial score (nSPS) is 12.3. The van der Waals surface area contributed by atoms with E-state index in [4.69, 9.17) is 33.7 Å². The molecule has 0 aliphatic carbocycles. The molecule has 2 N–H and O–H groups in total. The Morgan fingerprint density at radius 3 is 2.63 bits per heavy atom. The highest BCUT2D eigenvalue weighted by Crippen LogP contribution is 2.28. The van der Waals surface area contributed by atoms with Crippen molar-refractivity contribution in [3.05, 3.63) is 57.6 Å². The number of halogens is 3. The Kier molecular flexibility index (Phi) is 4.24. The van der Waals surface area contributed by atoms with Gasteiger partial charge in [0.15, 0.2) is 11.6 Å². The van der Waals surface area contributed by atoms with E-state index < -0.39 is 11.9 Å². The molecule has 2 aromatic rings. The van der Waals surface area contributed by atoms with Crippen molar-refractivity contribution in [2.75, 3.05) is 7.11 Å². The van der Waals surface area contributed by atoms with Crippen LogP contribution in [0.25, 0.3) is 0 Å². The second-order valence-electron chi connectivity index (χ2n) is 3.89. The van der Waals surface area contributed by atoms with Crippen LogP contribution in [0.2, 0.25) is 10.0 Å². The highest BCUT2D eigenvalue weighted by Gasteiger charge is 2.16. The summed E-state index contributed by atoms with van der Waals surface area (Å²) in [6.45, 7) is 0. The highest BCUT2D eigenvalue weighted by atomic mass is 35.5. The van der Waals surface area contributed by atoms with Crippen LogP contribution in [-0.2, 0) is 0 Å². The maximum atomic E-state index is 13.6. The summed E-state index contributed by atoms with van der Waals surface area (Å²) in [5.41, 5.74) is 7.02. The third kappa shape index (κ3) is 2.97. The van der Waals surface area contributed by atoms with E-state index in [2.05, 4.69) is 4.98 Å². The molecular weight excluding hydrogens is 290 g/mol. The summed E-state index contributed by atoms with van der Waals surface area (Å²) < 4.78 is 18.5. The Balaban J connectivity index is 2.38. The SMILES string of the molecule is COc1ccc(C(N)c2ncc(Cl)cc2Cl)cc1F. The zero-order valence-electron chi connectivity index (χ0n) is 10.0. The fourth-order valence-electron chi connectivity index (χ4n) is 1.69. The third-order valence-corrected chi connectivity index (χ3v) is 3.18. The van der Waals surface area contributed by atoms with Gasteiger partial charge in [-0.15, -0.1) is 0 Å². The van der Waals surface area contributed by atoms with E-state index >= 15 is 0 Å². The number of hydrogen-bond acceptors (Lipinski definition) is 3. The second-order valence-corrected chi connectivity index (χ2v) is 4.74. The molecule has 1 atom stereocenters. The Hall–Kier alpha value is -1.36. The van der Waals surface area contributed by atoms with E-state index in [9.17, 15) is 4.39 Å². The summed E-state index contributed by atoms with van der Waals surface area (Å²) >= 11 is 11.8. The summed E-state index contributed by atoms with van der Waals surface area (Å²) in [5.74, 6) is -0.327. The molecule has 1 heterocycles. The van der Waals surface area contributed by atoms with Gasteiger partial charge in [0.25, 0.3) is 0 Å². The molecule has 0 amide bonds. The standard InChI is InChI=1S/C13H11Cl2FN2O/c1-19-11-3-2-7(4-10(11)16)12(17)13-9(15)5-8(14)6-18-13/h2-6,12H,17H2,1H3. The molecule has 0 aliphatic heterocycles. The average Bonchev–Trinajstić information content (AvgIpc) is 2.38. The van der Waals surface area contributed by atoms with Crippen LogP contribution in [0.15, 0.2) is 30.5 Å². The fourth-order valence-corrected chi connectivity index (χ4v) is 2.19. The van der Waals surface area contributed by atoms with Gasteiger partial charge in [-0.2, -0.15) is 0 Å². The van der Waals surface area contributed by atoms with Gasteiger partial charge in [0.1, 0.15) is 0 Å².